The zero-order chi connectivity index (χ0) is 15.1. The quantitative estimate of drug-likeness (QED) is 0.816. The van der Waals surface area contributed by atoms with Crippen LogP contribution in [0.1, 0.15) is 10.4 Å². The summed E-state index contributed by atoms with van der Waals surface area (Å²) in [6, 6.07) is 10.7. The molecule has 0 aliphatic rings. The molecule has 0 spiro atoms. The van der Waals surface area contributed by atoms with Gasteiger partial charge in [-0.3, -0.25) is 4.79 Å². The van der Waals surface area contributed by atoms with Crippen LogP contribution in [0.2, 0.25) is 0 Å². The zero-order valence-electron chi connectivity index (χ0n) is 12.0. The molecule has 0 saturated carbocycles. The fourth-order valence-electron chi connectivity index (χ4n) is 1.74. The number of carbonyl (C=O) groups is 1. The van der Waals surface area contributed by atoms with Gasteiger partial charge in [-0.2, -0.15) is 0 Å². The van der Waals surface area contributed by atoms with Gasteiger partial charge in [-0.05, 0) is 18.2 Å². The van der Waals surface area contributed by atoms with Crippen molar-refractivity contribution in [1.29, 1.82) is 0 Å². The zero-order valence-corrected chi connectivity index (χ0v) is 12.0. The first-order valence-corrected chi connectivity index (χ1v) is 6.50. The molecule has 0 atom stereocenters. The van der Waals surface area contributed by atoms with Crippen LogP contribution in [-0.2, 0) is 4.74 Å². The average Bonchev–Trinajstić information content (AvgIpc) is 2.55. The van der Waals surface area contributed by atoms with Gasteiger partial charge in [0.25, 0.3) is 5.91 Å². The van der Waals surface area contributed by atoms with Crippen LogP contribution in [0.15, 0.2) is 36.4 Å². The molecule has 1 N–H and O–H groups in total. The molecule has 6 nitrogen and oxygen atoms in total. The van der Waals surface area contributed by atoms with Gasteiger partial charge < -0.3 is 14.8 Å². The predicted octanol–water partition coefficient (Wildman–Crippen LogP) is 1.53. The van der Waals surface area contributed by atoms with E-state index in [-0.39, 0.29) is 5.91 Å². The number of rotatable bonds is 6. The Labute approximate surface area is 123 Å². The van der Waals surface area contributed by atoms with E-state index in [0.717, 1.165) is 11.3 Å². The fraction of sp³-hybridized carbons (Fsp3) is 0.267. The lowest BCUT2D eigenvalue weighted by Crippen LogP contribution is -2.26. The maximum absolute atomic E-state index is 11.8. The van der Waals surface area contributed by atoms with Crippen molar-refractivity contribution in [1.82, 2.24) is 15.5 Å². The molecule has 0 aliphatic heterocycles. The summed E-state index contributed by atoms with van der Waals surface area (Å²) in [7, 11) is 3.14. The second-order valence-electron chi connectivity index (χ2n) is 4.29. The molecule has 2 aromatic rings. The van der Waals surface area contributed by atoms with Crippen molar-refractivity contribution in [3.8, 4) is 17.1 Å². The minimum absolute atomic E-state index is 0.126. The second kappa shape index (κ2) is 7.35. The third kappa shape index (κ3) is 4.00. The van der Waals surface area contributed by atoms with Gasteiger partial charge in [0.05, 0.1) is 19.4 Å². The van der Waals surface area contributed by atoms with E-state index in [1.165, 1.54) is 0 Å². The number of ether oxygens (including phenoxy) is 2. The maximum atomic E-state index is 11.8. The van der Waals surface area contributed by atoms with Gasteiger partial charge >= 0.3 is 0 Å². The summed E-state index contributed by atoms with van der Waals surface area (Å²) >= 11 is 0. The highest BCUT2D eigenvalue weighted by Gasteiger charge is 2.06. The smallest absolute Gasteiger partial charge is 0.251 e. The summed E-state index contributed by atoms with van der Waals surface area (Å²) in [6.45, 7) is 0.978. The van der Waals surface area contributed by atoms with Gasteiger partial charge in [-0.25, -0.2) is 0 Å². The van der Waals surface area contributed by atoms with Crippen LogP contribution in [0.3, 0.4) is 0 Å². The molecule has 0 fully saturated rings. The first-order chi connectivity index (χ1) is 10.2. The summed E-state index contributed by atoms with van der Waals surface area (Å²) in [4.78, 5) is 11.8. The SMILES string of the molecule is COCCNC(=O)c1ccc(-c2ccc(OC)nn2)cc1. The largest absolute Gasteiger partial charge is 0.480 e. The number of methoxy groups -OCH3 is 2. The predicted molar refractivity (Wildman–Crippen MR) is 78.2 cm³/mol. The van der Waals surface area contributed by atoms with Crippen molar-refractivity contribution in [2.45, 2.75) is 0 Å². The highest BCUT2D eigenvalue weighted by atomic mass is 16.5. The van der Waals surface area contributed by atoms with Gasteiger partial charge in [-0.1, -0.05) is 12.1 Å². The molecule has 0 aliphatic carbocycles. The van der Waals surface area contributed by atoms with Crippen molar-refractivity contribution >= 4 is 5.91 Å². The maximum Gasteiger partial charge on any atom is 0.251 e. The van der Waals surface area contributed by atoms with Crippen molar-refractivity contribution in [3.05, 3.63) is 42.0 Å². The van der Waals surface area contributed by atoms with Crippen LogP contribution < -0.4 is 10.1 Å². The minimum atomic E-state index is -0.126. The molecular formula is C15H17N3O3. The molecule has 6 heteroatoms. The van der Waals surface area contributed by atoms with Crippen LogP contribution >= 0.6 is 0 Å². The average molecular weight is 287 g/mol. The Morgan fingerprint density at radius 1 is 1.10 bits per heavy atom. The van der Waals surface area contributed by atoms with Crippen LogP contribution in [0, 0.1) is 0 Å². The number of carbonyl (C=O) groups excluding carboxylic acids is 1. The van der Waals surface area contributed by atoms with Crippen LogP contribution in [0.5, 0.6) is 5.88 Å². The number of nitrogens with one attached hydrogen (secondary N) is 1. The Kier molecular flexibility index (Phi) is 5.22. The van der Waals surface area contributed by atoms with Crippen LogP contribution in [0.25, 0.3) is 11.3 Å². The number of hydrogen-bond donors (Lipinski definition) is 1. The lowest BCUT2D eigenvalue weighted by molar-refractivity contribution is 0.0937. The third-order valence-corrected chi connectivity index (χ3v) is 2.88. The van der Waals surface area contributed by atoms with E-state index >= 15 is 0 Å². The number of hydrogen-bond acceptors (Lipinski definition) is 5. The molecule has 110 valence electrons. The van der Waals surface area contributed by atoms with Crippen molar-refractivity contribution in [2.24, 2.45) is 0 Å². The van der Waals surface area contributed by atoms with Crippen LogP contribution in [0.4, 0.5) is 0 Å². The van der Waals surface area contributed by atoms with Gasteiger partial charge in [-0.15, -0.1) is 10.2 Å². The third-order valence-electron chi connectivity index (χ3n) is 2.88. The number of benzene rings is 1. The van der Waals surface area contributed by atoms with E-state index in [4.69, 9.17) is 9.47 Å². The lowest BCUT2D eigenvalue weighted by Gasteiger charge is -2.06. The molecule has 1 aromatic carbocycles. The molecule has 2 rings (SSSR count). The molecule has 1 heterocycles. The molecule has 1 aromatic heterocycles. The van der Waals surface area contributed by atoms with Gasteiger partial charge in [0.1, 0.15) is 0 Å². The summed E-state index contributed by atoms with van der Waals surface area (Å²) in [6.07, 6.45) is 0. The van der Waals surface area contributed by atoms with E-state index < -0.39 is 0 Å². The standard InChI is InChI=1S/C15H17N3O3/c1-20-10-9-16-15(19)12-5-3-11(4-6-12)13-7-8-14(21-2)18-17-13/h3-8H,9-10H2,1-2H3,(H,16,19). The molecule has 0 unspecified atom stereocenters. The summed E-state index contributed by atoms with van der Waals surface area (Å²) in [5.74, 6) is 0.340. The number of aromatic nitrogens is 2. The van der Waals surface area contributed by atoms with E-state index in [2.05, 4.69) is 15.5 Å². The van der Waals surface area contributed by atoms with E-state index in [0.29, 0.717) is 24.6 Å². The van der Waals surface area contributed by atoms with Gasteiger partial charge in [0.15, 0.2) is 0 Å². The Morgan fingerprint density at radius 3 is 2.43 bits per heavy atom. The topological polar surface area (TPSA) is 73.3 Å². The fourth-order valence-corrected chi connectivity index (χ4v) is 1.74. The Hall–Kier alpha value is -2.47. The molecule has 21 heavy (non-hydrogen) atoms. The molecular weight excluding hydrogens is 270 g/mol. The Balaban J connectivity index is 2.05. The van der Waals surface area contributed by atoms with Crippen molar-refractivity contribution < 1.29 is 14.3 Å². The molecule has 0 bridgehead atoms. The molecule has 0 radical (unpaired) electrons. The summed E-state index contributed by atoms with van der Waals surface area (Å²) in [5.41, 5.74) is 2.21. The normalized spacial score (nSPS) is 10.2. The number of nitrogens with zero attached hydrogens (tertiary/aromatic N) is 2. The Morgan fingerprint density at radius 2 is 1.86 bits per heavy atom. The molecule has 0 saturated heterocycles. The first kappa shape index (κ1) is 14.9. The highest BCUT2D eigenvalue weighted by Crippen LogP contribution is 2.18. The minimum Gasteiger partial charge on any atom is -0.480 e. The highest BCUT2D eigenvalue weighted by molar-refractivity contribution is 5.94. The lowest BCUT2D eigenvalue weighted by atomic mass is 10.1. The van der Waals surface area contributed by atoms with Gasteiger partial charge in [0, 0.05) is 30.8 Å². The van der Waals surface area contributed by atoms with E-state index in [9.17, 15) is 4.79 Å². The van der Waals surface area contributed by atoms with Crippen molar-refractivity contribution in [3.63, 3.8) is 0 Å². The monoisotopic (exact) mass is 287 g/mol. The van der Waals surface area contributed by atoms with Crippen LogP contribution in [-0.4, -0.2) is 43.5 Å². The van der Waals surface area contributed by atoms with E-state index in [1.54, 1.807) is 32.4 Å². The summed E-state index contributed by atoms with van der Waals surface area (Å²) < 4.78 is 9.85. The second-order valence-corrected chi connectivity index (χ2v) is 4.29. The van der Waals surface area contributed by atoms with Crippen molar-refractivity contribution in [2.75, 3.05) is 27.4 Å². The van der Waals surface area contributed by atoms with Gasteiger partial charge in [0.2, 0.25) is 5.88 Å². The van der Waals surface area contributed by atoms with E-state index in [1.807, 2.05) is 18.2 Å². The number of amides is 1. The Bertz CT molecular complexity index is 582. The molecule has 1 amide bonds. The summed E-state index contributed by atoms with van der Waals surface area (Å²) in [5, 5.41) is 10.7. The first-order valence-electron chi connectivity index (χ1n) is 6.50.